The second-order valence-corrected chi connectivity index (χ2v) is 6.24. The summed E-state index contributed by atoms with van der Waals surface area (Å²) in [5, 5.41) is 13.5. The second kappa shape index (κ2) is 8.15. The number of halogens is 1. The maximum absolute atomic E-state index is 12.8. The Balaban J connectivity index is 1.87. The molecule has 0 fully saturated rings. The van der Waals surface area contributed by atoms with Crippen molar-refractivity contribution in [2.75, 3.05) is 16.8 Å². The van der Waals surface area contributed by atoms with Gasteiger partial charge in [-0.1, -0.05) is 29.8 Å². The van der Waals surface area contributed by atoms with Gasteiger partial charge in [0.05, 0.1) is 23.8 Å². The van der Waals surface area contributed by atoms with E-state index in [0.29, 0.717) is 0 Å². The average molecular weight is 414 g/mol. The van der Waals surface area contributed by atoms with Gasteiger partial charge in [0.25, 0.3) is 11.8 Å². The number of carboxylic acids is 1. The van der Waals surface area contributed by atoms with E-state index in [0.717, 1.165) is 4.90 Å². The minimum absolute atomic E-state index is 0.0568. The van der Waals surface area contributed by atoms with E-state index in [2.05, 4.69) is 5.32 Å². The van der Waals surface area contributed by atoms with Crippen LogP contribution >= 0.6 is 11.6 Å². The van der Waals surface area contributed by atoms with Crippen LogP contribution in [0.4, 0.5) is 11.4 Å². The zero-order valence-corrected chi connectivity index (χ0v) is 15.9. The number of aromatic carboxylic acids is 1. The molecule has 0 radical (unpaired) electrons. The van der Waals surface area contributed by atoms with Crippen LogP contribution in [0.1, 0.15) is 27.6 Å². The number of rotatable bonds is 6. The Morgan fingerprint density at radius 1 is 1.07 bits per heavy atom. The van der Waals surface area contributed by atoms with E-state index in [9.17, 15) is 24.3 Å². The molecule has 2 aromatic carbocycles. The maximum Gasteiger partial charge on any atom is 0.338 e. The molecular formula is C20H14ClN2O6-. The number of amides is 2. The summed E-state index contributed by atoms with van der Waals surface area (Å²) in [5.74, 6) is -3.53. The number of hydrogen-bond donors (Lipinski definition) is 1. The summed E-state index contributed by atoms with van der Waals surface area (Å²) in [5.41, 5.74) is 0.0502. The van der Waals surface area contributed by atoms with Crippen molar-refractivity contribution in [3.8, 4) is 0 Å². The molecule has 2 amide bonds. The molecule has 0 saturated carbocycles. The quantitative estimate of drug-likeness (QED) is 0.565. The molecule has 0 saturated heterocycles. The SMILES string of the molecule is CCOC(=O)c1ccc(N2C(=O)C(Cl)=C(Nc3ccccc3C(=O)[O-])C2=O)cc1. The van der Waals surface area contributed by atoms with Crippen LogP contribution in [0.3, 0.4) is 0 Å². The van der Waals surface area contributed by atoms with Gasteiger partial charge in [0.1, 0.15) is 10.7 Å². The molecule has 148 valence electrons. The number of imide groups is 1. The molecule has 8 nitrogen and oxygen atoms in total. The smallest absolute Gasteiger partial charge is 0.338 e. The molecule has 2 aromatic rings. The third-order valence-electron chi connectivity index (χ3n) is 4.07. The van der Waals surface area contributed by atoms with E-state index in [1.54, 1.807) is 13.0 Å². The Hall–Kier alpha value is -3.65. The number of hydrogen-bond acceptors (Lipinski definition) is 7. The number of anilines is 2. The minimum atomic E-state index is -1.45. The molecule has 1 aliphatic rings. The number of nitrogens with one attached hydrogen (secondary N) is 1. The van der Waals surface area contributed by atoms with Gasteiger partial charge >= 0.3 is 5.97 Å². The Kier molecular flexibility index (Phi) is 5.65. The predicted molar refractivity (Wildman–Crippen MR) is 102 cm³/mol. The van der Waals surface area contributed by atoms with Gasteiger partial charge in [-0.3, -0.25) is 9.59 Å². The van der Waals surface area contributed by atoms with E-state index in [1.165, 1.54) is 42.5 Å². The predicted octanol–water partition coefficient (Wildman–Crippen LogP) is 1.66. The molecule has 1 aliphatic heterocycles. The normalized spacial score (nSPS) is 13.7. The molecule has 0 atom stereocenters. The molecule has 0 unspecified atom stereocenters. The fourth-order valence-electron chi connectivity index (χ4n) is 2.71. The first-order valence-electron chi connectivity index (χ1n) is 8.48. The lowest BCUT2D eigenvalue weighted by atomic mass is 10.1. The highest BCUT2D eigenvalue weighted by Crippen LogP contribution is 2.31. The first kappa shape index (κ1) is 20.1. The third-order valence-corrected chi connectivity index (χ3v) is 4.42. The maximum atomic E-state index is 12.8. The van der Waals surface area contributed by atoms with Crippen LogP contribution in [-0.2, 0) is 14.3 Å². The van der Waals surface area contributed by atoms with Crippen molar-refractivity contribution in [1.82, 2.24) is 0 Å². The van der Waals surface area contributed by atoms with Gasteiger partial charge < -0.3 is 20.0 Å². The molecule has 0 aliphatic carbocycles. The zero-order chi connectivity index (χ0) is 21.1. The van der Waals surface area contributed by atoms with Crippen LogP contribution in [0.15, 0.2) is 59.3 Å². The topological polar surface area (TPSA) is 116 Å². The van der Waals surface area contributed by atoms with Crippen molar-refractivity contribution in [2.24, 2.45) is 0 Å². The zero-order valence-electron chi connectivity index (χ0n) is 15.1. The van der Waals surface area contributed by atoms with Crippen LogP contribution in [0.5, 0.6) is 0 Å². The highest BCUT2D eigenvalue weighted by atomic mass is 35.5. The Bertz CT molecular complexity index is 1050. The summed E-state index contributed by atoms with van der Waals surface area (Å²) < 4.78 is 4.89. The van der Waals surface area contributed by atoms with Crippen molar-refractivity contribution in [2.45, 2.75) is 6.92 Å². The van der Waals surface area contributed by atoms with Crippen LogP contribution in [0.2, 0.25) is 0 Å². The van der Waals surface area contributed by atoms with Crippen molar-refractivity contribution in [3.05, 3.63) is 70.4 Å². The molecule has 0 bridgehead atoms. The van der Waals surface area contributed by atoms with Crippen LogP contribution in [0.25, 0.3) is 0 Å². The highest BCUT2D eigenvalue weighted by Gasteiger charge is 2.39. The summed E-state index contributed by atoms with van der Waals surface area (Å²) in [6.07, 6.45) is 0. The van der Waals surface area contributed by atoms with Gasteiger partial charge in [0.2, 0.25) is 0 Å². The minimum Gasteiger partial charge on any atom is -0.545 e. The molecular weight excluding hydrogens is 400 g/mol. The standard InChI is InChI=1S/C20H15ClN2O6/c1-2-29-20(28)11-7-9-12(10-8-11)23-17(24)15(21)16(18(23)25)22-14-6-4-3-5-13(14)19(26)27/h3-10,22H,2H2,1H3,(H,26,27)/p-1. The van der Waals surface area contributed by atoms with Gasteiger partial charge in [-0.2, -0.15) is 0 Å². The van der Waals surface area contributed by atoms with E-state index >= 15 is 0 Å². The highest BCUT2D eigenvalue weighted by molar-refractivity contribution is 6.53. The summed E-state index contributed by atoms with van der Waals surface area (Å²) >= 11 is 6.04. The number of carbonyl (C=O) groups excluding carboxylic acids is 4. The van der Waals surface area contributed by atoms with Gasteiger partial charge in [0, 0.05) is 11.3 Å². The Morgan fingerprint density at radius 2 is 1.72 bits per heavy atom. The number of benzene rings is 2. The number of nitrogens with zero attached hydrogens (tertiary/aromatic N) is 1. The lowest BCUT2D eigenvalue weighted by Gasteiger charge is -2.16. The fraction of sp³-hybridized carbons (Fsp3) is 0.100. The summed E-state index contributed by atoms with van der Waals surface area (Å²) in [6.45, 7) is 1.89. The number of carbonyl (C=O) groups is 4. The molecule has 29 heavy (non-hydrogen) atoms. The average Bonchev–Trinajstić information content (AvgIpc) is 2.92. The summed E-state index contributed by atoms with van der Waals surface area (Å²) in [7, 11) is 0. The molecule has 9 heteroatoms. The summed E-state index contributed by atoms with van der Waals surface area (Å²) in [6, 6.07) is 11.4. The van der Waals surface area contributed by atoms with Gasteiger partial charge in [-0.05, 0) is 37.3 Å². The van der Waals surface area contributed by atoms with Crippen molar-refractivity contribution < 1.29 is 29.0 Å². The van der Waals surface area contributed by atoms with Crippen molar-refractivity contribution >= 4 is 46.7 Å². The van der Waals surface area contributed by atoms with Crippen LogP contribution in [0, 0.1) is 0 Å². The second-order valence-electron chi connectivity index (χ2n) is 5.86. The molecule has 3 rings (SSSR count). The number of ether oxygens (including phenoxy) is 1. The third kappa shape index (κ3) is 3.83. The summed E-state index contributed by atoms with van der Waals surface area (Å²) in [4.78, 5) is 49.1. The van der Waals surface area contributed by atoms with E-state index < -0.39 is 28.8 Å². The van der Waals surface area contributed by atoms with E-state index in [1.807, 2.05) is 0 Å². The largest absolute Gasteiger partial charge is 0.545 e. The van der Waals surface area contributed by atoms with Crippen molar-refractivity contribution in [1.29, 1.82) is 0 Å². The number of esters is 1. The number of para-hydroxylation sites is 1. The van der Waals surface area contributed by atoms with Crippen molar-refractivity contribution in [3.63, 3.8) is 0 Å². The first-order chi connectivity index (χ1) is 13.8. The van der Waals surface area contributed by atoms with E-state index in [-0.39, 0.29) is 34.8 Å². The van der Waals surface area contributed by atoms with Crippen LogP contribution in [-0.4, -0.2) is 30.4 Å². The lowest BCUT2D eigenvalue weighted by molar-refractivity contribution is -0.254. The van der Waals surface area contributed by atoms with Crippen LogP contribution < -0.4 is 15.3 Å². The van der Waals surface area contributed by atoms with E-state index in [4.69, 9.17) is 16.3 Å². The van der Waals surface area contributed by atoms with Gasteiger partial charge in [0.15, 0.2) is 0 Å². The molecule has 1 heterocycles. The molecule has 0 spiro atoms. The fourth-order valence-corrected chi connectivity index (χ4v) is 2.92. The Labute approximate surface area is 170 Å². The lowest BCUT2D eigenvalue weighted by Crippen LogP contribution is -2.32. The number of carboxylic acid groups (broad SMARTS) is 1. The first-order valence-corrected chi connectivity index (χ1v) is 8.86. The Morgan fingerprint density at radius 3 is 2.34 bits per heavy atom. The van der Waals surface area contributed by atoms with Gasteiger partial charge in [-0.25, -0.2) is 9.69 Å². The molecule has 0 aromatic heterocycles. The van der Waals surface area contributed by atoms with Gasteiger partial charge in [-0.15, -0.1) is 0 Å². The monoisotopic (exact) mass is 413 g/mol. The molecule has 1 N–H and O–H groups in total.